The quantitative estimate of drug-likeness (QED) is 0.326. The fourth-order valence-electron chi connectivity index (χ4n) is 1.65. The monoisotopic (exact) mass is 547 g/mol. The van der Waals surface area contributed by atoms with Gasteiger partial charge in [0.25, 0.3) is 0 Å². The van der Waals surface area contributed by atoms with Gasteiger partial charge < -0.3 is 0 Å². The van der Waals surface area contributed by atoms with Crippen molar-refractivity contribution in [2.75, 3.05) is 0 Å². The predicted octanol–water partition coefficient (Wildman–Crippen LogP) is 2.85. The summed E-state index contributed by atoms with van der Waals surface area (Å²) in [5, 5.41) is 0. The first kappa shape index (κ1) is 30.4. The fourth-order valence-corrected chi connectivity index (χ4v) is 7.38. The Bertz CT molecular complexity index is 1030. The van der Waals surface area contributed by atoms with Crippen molar-refractivity contribution in [3.05, 3.63) is 33.5 Å². The Balaban J connectivity index is 0.000000792. The van der Waals surface area contributed by atoms with Crippen LogP contribution in [0.5, 0.6) is 0 Å². The van der Waals surface area contributed by atoms with Gasteiger partial charge in [-0.3, -0.25) is 25.3 Å². The highest BCUT2D eigenvalue weighted by atomic mass is 32.3. The summed E-state index contributed by atoms with van der Waals surface area (Å²) in [6.07, 6.45) is 4.29. The zero-order valence-electron chi connectivity index (χ0n) is 16.0. The summed E-state index contributed by atoms with van der Waals surface area (Å²) in [6, 6.07) is 2.15. The molecule has 0 saturated carbocycles. The van der Waals surface area contributed by atoms with Crippen LogP contribution in [0.1, 0.15) is 18.1 Å². The summed E-state index contributed by atoms with van der Waals surface area (Å²) in [5.41, 5.74) is -18.4. The molecular formula is C13H14F9NO6S3. The van der Waals surface area contributed by atoms with Gasteiger partial charge in [-0.1, -0.05) is 0 Å². The lowest BCUT2D eigenvalue weighted by Gasteiger charge is -2.31. The van der Waals surface area contributed by atoms with E-state index in [-0.39, 0.29) is 0 Å². The Morgan fingerprint density at radius 3 is 1.25 bits per heavy atom. The number of alkyl halides is 9. The molecule has 0 unspecified atom stereocenters. The van der Waals surface area contributed by atoms with Gasteiger partial charge in [-0.05, 0) is 26.3 Å². The smallest absolute Gasteiger partial charge is 0.251 e. The van der Waals surface area contributed by atoms with Crippen LogP contribution < -0.4 is 4.57 Å². The van der Waals surface area contributed by atoms with Crippen LogP contribution >= 0.6 is 0 Å². The van der Waals surface area contributed by atoms with Gasteiger partial charge in [0.1, 0.15) is 6.54 Å². The van der Waals surface area contributed by atoms with Crippen LogP contribution in [0.2, 0.25) is 0 Å². The zero-order chi connectivity index (χ0) is 26.1. The second kappa shape index (κ2) is 9.32. The molecule has 0 radical (unpaired) electrons. The standard InChI is InChI=1S/C9H14N.C4F9O6S3/c1-4-10-6-5-8(2)9(3)7-10;5-2(6,7)20(14,15)1(21(16,17)3(8,9)10)22(18,19)4(11,12)13/h5-7H,4H2,1-3H3;/q+1;-1. The van der Waals surface area contributed by atoms with Crippen LogP contribution in [-0.2, 0) is 36.1 Å². The largest absolute Gasteiger partial charge is 0.470 e. The summed E-state index contributed by atoms with van der Waals surface area (Å²) < 4.78 is 170. The summed E-state index contributed by atoms with van der Waals surface area (Å²) in [4.78, 5) is 0. The first-order valence-corrected chi connectivity index (χ1v) is 12.1. The topological polar surface area (TPSA) is 106 Å². The first-order valence-electron chi connectivity index (χ1n) is 7.63. The molecule has 0 bridgehead atoms. The lowest BCUT2D eigenvalue weighted by Crippen LogP contribution is -2.47. The van der Waals surface area contributed by atoms with Crippen molar-refractivity contribution in [2.24, 2.45) is 0 Å². The van der Waals surface area contributed by atoms with E-state index in [0.717, 1.165) is 6.54 Å². The Morgan fingerprint density at radius 2 is 1.03 bits per heavy atom. The minimum Gasteiger partial charge on any atom is -0.251 e. The molecule has 32 heavy (non-hydrogen) atoms. The molecule has 0 aliphatic carbocycles. The second-order valence-electron chi connectivity index (χ2n) is 5.74. The minimum absolute atomic E-state index is 1.06. The Morgan fingerprint density at radius 1 is 0.719 bits per heavy atom. The van der Waals surface area contributed by atoms with Crippen molar-refractivity contribution in [1.82, 2.24) is 0 Å². The molecule has 0 aliphatic heterocycles. The molecule has 1 rings (SSSR count). The predicted molar refractivity (Wildman–Crippen MR) is 90.0 cm³/mol. The van der Waals surface area contributed by atoms with Gasteiger partial charge in [0.05, 0.1) is 3.91 Å². The molecule has 0 N–H and O–H groups in total. The van der Waals surface area contributed by atoms with Crippen molar-refractivity contribution >= 4 is 29.5 Å². The minimum atomic E-state index is -8.02. The number of aromatic nitrogens is 1. The van der Waals surface area contributed by atoms with E-state index in [0.29, 0.717) is 0 Å². The van der Waals surface area contributed by atoms with Crippen molar-refractivity contribution in [3.63, 3.8) is 0 Å². The lowest BCUT2D eigenvalue weighted by molar-refractivity contribution is -0.693. The molecule has 0 atom stereocenters. The number of hydrogen-bond acceptors (Lipinski definition) is 6. The third-order valence-electron chi connectivity index (χ3n) is 3.44. The third-order valence-corrected chi connectivity index (χ3v) is 10.5. The first-order chi connectivity index (χ1) is 13.9. The van der Waals surface area contributed by atoms with E-state index >= 15 is 0 Å². The van der Waals surface area contributed by atoms with Crippen LogP contribution in [0.15, 0.2) is 18.5 Å². The fraction of sp³-hybridized carbons (Fsp3) is 0.538. The van der Waals surface area contributed by atoms with Gasteiger partial charge in [-0.15, -0.1) is 0 Å². The number of aryl methyl sites for hydroxylation is 3. The highest BCUT2D eigenvalue weighted by molar-refractivity contribution is 8.29. The Labute approximate surface area is 176 Å². The molecular weight excluding hydrogens is 533 g/mol. The van der Waals surface area contributed by atoms with E-state index in [1.807, 2.05) is 0 Å². The van der Waals surface area contributed by atoms with E-state index in [1.165, 1.54) is 11.1 Å². The molecule has 0 aromatic carbocycles. The number of hydrogen-bond donors (Lipinski definition) is 0. The molecule has 19 heteroatoms. The number of rotatable bonds is 4. The molecule has 0 spiro atoms. The van der Waals surface area contributed by atoms with E-state index < -0.39 is 50.0 Å². The van der Waals surface area contributed by atoms with Gasteiger partial charge >= 0.3 is 16.5 Å². The molecule has 7 nitrogen and oxygen atoms in total. The van der Waals surface area contributed by atoms with Crippen molar-refractivity contribution in [3.8, 4) is 0 Å². The average molecular weight is 547 g/mol. The SMILES string of the molecule is CC[n+]1ccc(C)c(C)c1.O=S(=O)([C-](S(=O)(=O)C(F)(F)F)S(=O)(=O)C(F)(F)F)C(F)(F)F. The summed E-state index contributed by atoms with van der Waals surface area (Å²) in [6.45, 7) is 7.48. The molecule has 1 aromatic rings. The van der Waals surface area contributed by atoms with Crippen molar-refractivity contribution in [2.45, 2.75) is 43.8 Å². The number of pyridine rings is 1. The van der Waals surface area contributed by atoms with Crippen LogP contribution in [0, 0.1) is 17.8 Å². The van der Waals surface area contributed by atoms with Crippen molar-refractivity contribution in [1.29, 1.82) is 0 Å². The maximum atomic E-state index is 12.0. The highest BCUT2D eigenvalue weighted by Gasteiger charge is 2.63. The van der Waals surface area contributed by atoms with Gasteiger partial charge in [0, 0.05) is 11.6 Å². The molecule has 1 heterocycles. The highest BCUT2D eigenvalue weighted by Crippen LogP contribution is 2.47. The van der Waals surface area contributed by atoms with E-state index in [2.05, 4.69) is 43.8 Å². The second-order valence-corrected chi connectivity index (χ2v) is 12.1. The van der Waals surface area contributed by atoms with Crippen LogP contribution in [0.25, 0.3) is 0 Å². The average Bonchev–Trinajstić information content (AvgIpc) is 2.54. The van der Waals surface area contributed by atoms with Gasteiger partial charge in [0.2, 0.25) is 0 Å². The van der Waals surface area contributed by atoms with Gasteiger partial charge in [-0.2, -0.15) is 39.5 Å². The van der Waals surface area contributed by atoms with Crippen LogP contribution in [0.3, 0.4) is 0 Å². The van der Waals surface area contributed by atoms with E-state index in [4.69, 9.17) is 0 Å². The maximum absolute atomic E-state index is 12.0. The summed E-state index contributed by atoms with van der Waals surface area (Å²) >= 11 is 0. The Hall–Kier alpha value is -1.63. The van der Waals surface area contributed by atoms with Gasteiger partial charge in [-0.25, -0.2) is 4.57 Å². The van der Waals surface area contributed by atoms with E-state index in [1.54, 1.807) is 0 Å². The molecule has 0 aliphatic rings. The molecule has 188 valence electrons. The summed E-state index contributed by atoms with van der Waals surface area (Å²) in [7, 11) is -24.1. The van der Waals surface area contributed by atoms with Gasteiger partial charge in [0.15, 0.2) is 41.9 Å². The molecule has 0 fully saturated rings. The number of halogens is 9. The molecule has 1 aromatic heterocycles. The molecule has 0 saturated heterocycles. The maximum Gasteiger partial charge on any atom is 0.470 e. The molecule has 0 amide bonds. The van der Waals surface area contributed by atoms with Crippen LogP contribution in [0.4, 0.5) is 39.5 Å². The zero-order valence-corrected chi connectivity index (χ0v) is 18.4. The third kappa shape index (κ3) is 6.24. The van der Waals surface area contributed by atoms with E-state index in [9.17, 15) is 64.8 Å². The lowest BCUT2D eigenvalue weighted by atomic mass is 10.2. The normalized spacial score (nSPS) is 14.2. The number of nitrogens with zero attached hydrogens (tertiary/aromatic N) is 1. The summed E-state index contributed by atoms with van der Waals surface area (Å²) in [5.74, 6) is 0. The number of sulfone groups is 3. The van der Waals surface area contributed by atoms with Crippen LogP contribution in [-0.4, -0.2) is 41.8 Å². The Kier molecular flexibility index (Phi) is 8.84. The van der Waals surface area contributed by atoms with Crippen molar-refractivity contribution < 1.29 is 69.3 Å².